The van der Waals surface area contributed by atoms with Gasteiger partial charge in [-0.1, -0.05) is 24.3 Å². The molecule has 0 aliphatic carbocycles. The van der Waals surface area contributed by atoms with E-state index < -0.39 is 10.0 Å². The van der Waals surface area contributed by atoms with E-state index in [1.165, 1.54) is 23.5 Å². The molecule has 0 saturated carbocycles. The number of rotatable bonds is 8. The molecule has 0 radical (unpaired) electrons. The van der Waals surface area contributed by atoms with Crippen LogP contribution in [0.4, 0.5) is 5.69 Å². The molecular formula is C24H27N3O4S. The summed E-state index contributed by atoms with van der Waals surface area (Å²) in [5.41, 5.74) is 0.849. The van der Waals surface area contributed by atoms with Crippen molar-refractivity contribution in [1.82, 2.24) is 10.2 Å². The zero-order chi connectivity index (χ0) is 22.6. The maximum atomic E-state index is 13.1. The van der Waals surface area contributed by atoms with Crippen LogP contribution in [0.3, 0.4) is 0 Å². The van der Waals surface area contributed by atoms with Gasteiger partial charge in [0.2, 0.25) is 0 Å². The Balaban J connectivity index is 1.49. The summed E-state index contributed by atoms with van der Waals surface area (Å²) in [7, 11) is -2.30. The molecule has 2 aromatic carbocycles. The van der Waals surface area contributed by atoms with E-state index in [0.29, 0.717) is 17.8 Å². The minimum atomic E-state index is -3.80. The summed E-state index contributed by atoms with van der Waals surface area (Å²) in [5.74, 6) is 0.494. The molecule has 0 bridgehead atoms. The fourth-order valence-electron chi connectivity index (χ4n) is 3.97. The summed E-state index contributed by atoms with van der Waals surface area (Å²) in [4.78, 5) is 15.3. The SMILES string of the molecule is CN(c1ccccc1)S(=O)(=O)c1cccc(C(=O)NCC(c2ccco2)N2CCCC2)c1. The van der Waals surface area contributed by atoms with E-state index in [4.69, 9.17) is 4.42 Å². The van der Waals surface area contributed by atoms with Gasteiger partial charge in [-0.15, -0.1) is 0 Å². The standard InChI is InChI=1S/C24H27N3O4S/c1-26(20-10-3-2-4-11-20)32(29,30)21-12-7-9-19(17-21)24(28)25-18-22(23-13-8-16-31-23)27-14-5-6-15-27/h2-4,7-13,16-17,22H,5-6,14-15,18H2,1H3,(H,25,28). The molecule has 3 aromatic rings. The Morgan fingerprint density at radius 1 is 1.06 bits per heavy atom. The number of amides is 1. The predicted molar refractivity (Wildman–Crippen MR) is 123 cm³/mol. The highest BCUT2D eigenvalue weighted by Crippen LogP contribution is 2.25. The zero-order valence-electron chi connectivity index (χ0n) is 18.0. The van der Waals surface area contributed by atoms with Crippen LogP contribution >= 0.6 is 0 Å². The molecule has 1 aliphatic heterocycles. The van der Waals surface area contributed by atoms with E-state index in [1.807, 2.05) is 18.2 Å². The molecule has 7 nitrogen and oxygen atoms in total. The zero-order valence-corrected chi connectivity index (χ0v) is 18.8. The summed E-state index contributed by atoms with van der Waals surface area (Å²) >= 11 is 0. The van der Waals surface area contributed by atoms with Crippen molar-refractivity contribution in [3.05, 3.63) is 84.3 Å². The maximum Gasteiger partial charge on any atom is 0.264 e. The van der Waals surface area contributed by atoms with Crippen LogP contribution in [0.1, 0.15) is 35.0 Å². The Hall–Kier alpha value is -3.10. The number of likely N-dealkylation sites (tertiary alicyclic amines) is 1. The second-order valence-electron chi connectivity index (χ2n) is 7.82. The number of sulfonamides is 1. The third-order valence-corrected chi connectivity index (χ3v) is 7.56. The van der Waals surface area contributed by atoms with Crippen molar-refractivity contribution in [2.24, 2.45) is 0 Å². The average Bonchev–Trinajstić information content (AvgIpc) is 3.54. The molecule has 4 rings (SSSR count). The van der Waals surface area contributed by atoms with Crippen LogP contribution in [-0.2, 0) is 10.0 Å². The Bertz CT molecular complexity index is 1140. The Labute approximate surface area is 188 Å². The first-order valence-electron chi connectivity index (χ1n) is 10.7. The van der Waals surface area contributed by atoms with Crippen molar-refractivity contribution >= 4 is 21.6 Å². The monoisotopic (exact) mass is 453 g/mol. The number of carbonyl (C=O) groups excluding carboxylic acids is 1. The van der Waals surface area contributed by atoms with Gasteiger partial charge in [0.05, 0.1) is 22.9 Å². The number of furan rings is 1. The van der Waals surface area contributed by atoms with Crippen molar-refractivity contribution < 1.29 is 17.6 Å². The number of hydrogen-bond acceptors (Lipinski definition) is 5. The van der Waals surface area contributed by atoms with E-state index in [-0.39, 0.29) is 16.8 Å². The van der Waals surface area contributed by atoms with Crippen LogP contribution in [0, 0.1) is 0 Å². The van der Waals surface area contributed by atoms with Gasteiger partial charge in [-0.2, -0.15) is 0 Å². The van der Waals surface area contributed by atoms with Gasteiger partial charge >= 0.3 is 0 Å². The molecule has 1 atom stereocenters. The van der Waals surface area contributed by atoms with E-state index in [1.54, 1.807) is 42.7 Å². The third-order valence-electron chi connectivity index (χ3n) is 5.78. The lowest BCUT2D eigenvalue weighted by Crippen LogP contribution is -2.36. The lowest BCUT2D eigenvalue weighted by Gasteiger charge is -2.26. The van der Waals surface area contributed by atoms with Crippen LogP contribution in [0.5, 0.6) is 0 Å². The highest BCUT2D eigenvalue weighted by molar-refractivity contribution is 7.92. The van der Waals surface area contributed by atoms with Crippen LogP contribution in [0.15, 0.2) is 82.3 Å². The lowest BCUT2D eigenvalue weighted by atomic mass is 10.1. The number of anilines is 1. The summed E-state index contributed by atoms with van der Waals surface area (Å²) in [6.45, 7) is 2.30. The smallest absolute Gasteiger partial charge is 0.264 e. The van der Waals surface area contributed by atoms with E-state index in [2.05, 4.69) is 10.2 Å². The van der Waals surface area contributed by atoms with Crippen molar-refractivity contribution in [2.45, 2.75) is 23.8 Å². The summed E-state index contributed by atoms with van der Waals surface area (Å²) < 4.78 is 33.0. The van der Waals surface area contributed by atoms with Gasteiger partial charge in [0.25, 0.3) is 15.9 Å². The molecule has 1 unspecified atom stereocenters. The molecule has 1 amide bonds. The van der Waals surface area contributed by atoms with Gasteiger partial charge in [-0.05, 0) is 68.4 Å². The van der Waals surface area contributed by atoms with Crippen LogP contribution in [-0.4, -0.2) is 45.9 Å². The molecular weight excluding hydrogens is 426 g/mol. The van der Waals surface area contributed by atoms with Gasteiger partial charge in [0.15, 0.2) is 0 Å². The predicted octanol–water partition coefficient (Wildman–Crippen LogP) is 3.67. The summed E-state index contributed by atoms with van der Waals surface area (Å²) in [6.07, 6.45) is 3.89. The molecule has 168 valence electrons. The number of nitrogens with one attached hydrogen (secondary N) is 1. The van der Waals surface area contributed by atoms with E-state index >= 15 is 0 Å². The molecule has 32 heavy (non-hydrogen) atoms. The topological polar surface area (TPSA) is 82.9 Å². The Morgan fingerprint density at radius 2 is 1.81 bits per heavy atom. The van der Waals surface area contributed by atoms with Crippen molar-refractivity contribution in [1.29, 1.82) is 0 Å². The second kappa shape index (κ2) is 9.58. The van der Waals surface area contributed by atoms with Gasteiger partial charge < -0.3 is 9.73 Å². The molecule has 1 aromatic heterocycles. The minimum absolute atomic E-state index is 0.0485. The Kier molecular flexibility index (Phi) is 6.62. The largest absolute Gasteiger partial charge is 0.468 e. The fourth-order valence-corrected chi connectivity index (χ4v) is 5.21. The highest BCUT2D eigenvalue weighted by Gasteiger charge is 2.27. The normalized spacial score (nSPS) is 15.4. The first kappa shape index (κ1) is 22.1. The van der Waals surface area contributed by atoms with Crippen LogP contribution in [0.25, 0.3) is 0 Å². The molecule has 1 saturated heterocycles. The first-order chi connectivity index (χ1) is 15.5. The minimum Gasteiger partial charge on any atom is -0.468 e. The molecule has 8 heteroatoms. The molecule has 0 spiro atoms. The number of nitrogens with zero attached hydrogens (tertiary/aromatic N) is 2. The Morgan fingerprint density at radius 3 is 2.50 bits per heavy atom. The summed E-state index contributed by atoms with van der Waals surface area (Å²) in [5, 5.41) is 2.95. The number of benzene rings is 2. The second-order valence-corrected chi connectivity index (χ2v) is 9.79. The first-order valence-corrected chi connectivity index (χ1v) is 12.1. The molecule has 1 aliphatic rings. The maximum absolute atomic E-state index is 13.1. The molecule has 1 N–H and O–H groups in total. The average molecular weight is 454 g/mol. The van der Waals surface area contributed by atoms with E-state index in [0.717, 1.165) is 31.7 Å². The van der Waals surface area contributed by atoms with Crippen molar-refractivity contribution in [2.75, 3.05) is 31.0 Å². The quantitative estimate of drug-likeness (QED) is 0.563. The van der Waals surface area contributed by atoms with Gasteiger partial charge in [0, 0.05) is 19.2 Å². The van der Waals surface area contributed by atoms with Gasteiger partial charge in [0.1, 0.15) is 5.76 Å². The van der Waals surface area contributed by atoms with E-state index in [9.17, 15) is 13.2 Å². The third kappa shape index (κ3) is 4.71. The van der Waals surface area contributed by atoms with Crippen molar-refractivity contribution in [3.8, 4) is 0 Å². The fraction of sp³-hybridized carbons (Fsp3) is 0.292. The van der Waals surface area contributed by atoms with Crippen LogP contribution < -0.4 is 9.62 Å². The number of hydrogen-bond donors (Lipinski definition) is 1. The highest BCUT2D eigenvalue weighted by atomic mass is 32.2. The number of para-hydroxylation sites is 1. The number of carbonyl (C=O) groups is 1. The molecule has 1 fully saturated rings. The molecule has 2 heterocycles. The van der Waals surface area contributed by atoms with Crippen LogP contribution in [0.2, 0.25) is 0 Å². The van der Waals surface area contributed by atoms with Gasteiger partial charge in [-0.3, -0.25) is 14.0 Å². The summed E-state index contributed by atoms with van der Waals surface area (Å²) in [6, 6.07) is 18.7. The lowest BCUT2D eigenvalue weighted by molar-refractivity contribution is 0.0933. The van der Waals surface area contributed by atoms with Gasteiger partial charge in [-0.25, -0.2) is 8.42 Å². The van der Waals surface area contributed by atoms with Crippen molar-refractivity contribution in [3.63, 3.8) is 0 Å².